The number of hydrogen-bond donors (Lipinski definition) is 3. The fourth-order valence-corrected chi connectivity index (χ4v) is 1.85. The summed E-state index contributed by atoms with van der Waals surface area (Å²) in [7, 11) is 0. The van der Waals surface area contributed by atoms with Gasteiger partial charge in [-0.05, 0) is 38.5 Å². The van der Waals surface area contributed by atoms with Crippen LogP contribution in [0.2, 0.25) is 5.02 Å². The number of amides is 2. The zero-order chi connectivity index (χ0) is 15.2. The molecule has 5 nitrogen and oxygen atoms in total. The van der Waals surface area contributed by atoms with Gasteiger partial charge in [-0.2, -0.15) is 0 Å². The summed E-state index contributed by atoms with van der Waals surface area (Å²) < 4.78 is 0. The molecular weight excluding hydrogens is 280 g/mol. The summed E-state index contributed by atoms with van der Waals surface area (Å²) in [5.74, 6) is -0.665. The topological polar surface area (TPSA) is 78.4 Å². The van der Waals surface area contributed by atoms with Crippen LogP contribution in [0.25, 0.3) is 0 Å². The van der Waals surface area contributed by atoms with Crippen molar-refractivity contribution in [2.45, 2.75) is 25.8 Å². The fraction of sp³-hybridized carbons (Fsp3) is 0.429. The first-order valence-corrected chi connectivity index (χ1v) is 6.67. The number of rotatable bonds is 6. The maximum absolute atomic E-state index is 11.8. The van der Waals surface area contributed by atoms with E-state index < -0.39 is 5.54 Å². The molecule has 1 aromatic rings. The molecule has 0 aliphatic heterocycles. The molecule has 6 heteroatoms. The van der Waals surface area contributed by atoms with Crippen LogP contribution in [0.4, 0.5) is 0 Å². The summed E-state index contributed by atoms with van der Waals surface area (Å²) in [6.45, 7) is 3.47. The highest BCUT2D eigenvalue weighted by Crippen LogP contribution is 2.10. The molecule has 0 radical (unpaired) electrons. The molecule has 0 aliphatic carbocycles. The Hall–Kier alpha value is -1.59. The maximum atomic E-state index is 11.8. The SMILES string of the molecule is CC(C)(CCO)NC(=O)CNC(=O)c1cccc(Cl)c1. The molecule has 110 valence electrons. The number of aliphatic hydroxyl groups is 1. The van der Waals surface area contributed by atoms with Gasteiger partial charge < -0.3 is 15.7 Å². The molecule has 1 aromatic carbocycles. The molecule has 0 bridgehead atoms. The van der Waals surface area contributed by atoms with E-state index in [2.05, 4.69) is 10.6 Å². The molecule has 1 rings (SSSR count). The van der Waals surface area contributed by atoms with Crippen molar-refractivity contribution in [1.29, 1.82) is 0 Å². The maximum Gasteiger partial charge on any atom is 0.251 e. The highest BCUT2D eigenvalue weighted by Gasteiger charge is 2.19. The monoisotopic (exact) mass is 298 g/mol. The van der Waals surface area contributed by atoms with E-state index in [1.165, 1.54) is 6.07 Å². The number of nitrogens with one attached hydrogen (secondary N) is 2. The van der Waals surface area contributed by atoms with Crippen LogP contribution in [0, 0.1) is 0 Å². The quantitative estimate of drug-likeness (QED) is 0.742. The van der Waals surface area contributed by atoms with E-state index in [9.17, 15) is 9.59 Å². The van der Waals surface area contributed by atoms with Crippen molar-refractivity contribution in [2.75, 3.05) is 13.2 Å². The van der Waals surface area contributed by atoms with Gasteiger partial charge in [-0.25, -0.2) is 0 Å². The first-order chi connectivity index (χ1) is 9.34. The van der Waals surface area contributed by atoms with Crippen molar-refractivity contribution in [3.63, 3.8) is 0 Å². The second kappa shape index (κ2) is 7.26. The van der Waals surface area contributed by atoms with Gasteiger partial charge in [0.05, 0.1) is 6.54 Å². The largest absolute Gasteiger partial charge is 0.396 e. The minimum absolute atomic E-state index is 0.0118. The molecule has 20 heavy (non-hydrogen) atoms. The number of hydrogen-bond acceptors (Lipinski definition) is 3. The summed E-state index contributed by atoms with van der Waals surface area (Å²) >= 11 is 5.79. The van der Waals surface area contributed by atoms with Crippen LogP contribution in [-0.2, 0) is 4.79 Å². The van der Waals surface area contributed by atoms with Gasteiger partial charge in [0.1, 0.15) is 0 Å². The second-order valence-electron chi connectivity index (χ2n) is 5.10. The van der Waals surface area contributed by atoms with Crippen LogP contribution in [0.1, 0.15) is 30.6 Å². The number of aliphatic hydroxyl groups excluding tert-OH is 1. The fourth-order valence-electron chi connectivity index (χ4n) is 1.66. The van der Waals surface area contributed by atoms with Crippen molar-refractivity contribution < 1.29 is 14.7 Å². The van der Waals surface area contributed by atoms with E-state index in [4.69, 9.17) is 16.7 Å². The zero-order valence-electron chi connectivity index (χ0n) is 11.6. The van der Waals surface area contributed by atoms with E-state index >= 15 is 0 Å². The van der Waals surface area contributed by atoms with Crippen molar-refractivity contribution >= 4 is 23.4 Å². The van der Waals surface area contributed by atoms with Gasteiger partial charge >= 0.3 is 0 Å². The highest BCUT2D eigenvalue weighted by molar-refractivity contribution is 6.30. The van der Waals surface area contributed by atoms with E-state index in [0.717, 1.165) is 0 Å². The molecule has 0 fully saturated rings. The Balaban J connectivity index is 2.47. The van der Waals surface area contributed by atoms with Gasteiger partial charge in [0.15, 0.2) is 0 Å². The standard InChI is InChI=1S/C14H19ClN2O3/c1-14(2,6-7-18)17-12(19)9-16-13(20)10-4-3-5-11(15)8-10/h3-5,8,18H,6-7,9H2,1-2H3,(H,16,20)(H,17,19). The lowest BCUT2D eigenvalue weighted by molar-refractivity contribution is -0.121. The molecule has 2 amide bonds. The number of halogens is 1. The average molecular weight is 299 g/mol. The predicted octanol–water partition coefficient (Wildman–Crippen LogP) is 1.35. The first kappa shape index (κ1) is 16.5. The van der Waals surface area contributed by atoms with E-state index in [1.807, 2.05) is 0 Å². The van der Waals surface area contributed by atoms with Crippen molar-refractivity contribution in [1.82, 2.24) is 10.6 Å². The molecule has 0 saturated carbocycles. The Morgan fingerprint density at radius 1 is 1.35 bits per heavy atom. The van der Waals surface area contributed by atoms with Crippen LogP contribution < -0.4 is 10.6 Å². The molecule has 0 saturated heterocycles. The molecule has 0 spiro atoms. The first-order valence-electron chi connectivity index (χ1n) is 6.30. The number of carbonyl (C=O) groups excluding carboxylic acids is 2. The molecule has 0 heterocycles. The van der Waals surface area contributed by atoms with Gasteiger partial charge in [-0.15, -0.1) is 0 Å². The molecule has 3 N–H and O–H groups in total. The minimum atomic E-state index is -0.507. The Kier molecular flexibility index (Phi) is 5.98. The average Bonchev–Trinajstić information content (AvgIpc) is 2.35. The van der Waals surface area contributed by atoms with Crippen LogP contribution >= 0.6 is 11.6 Å². The van der Waals surface area contributed by atoms with Gasteiger partial charge in [0.2, 0.25) is 5.91 Å². The molecule has 0 aliphatic rings. The highest BCUT2D eigenvalue weighted by atomic mass is 35.5. The van der Waals surface area contributed by atoms with Crippen LogP contribution in [0.15, 0.2) is 24.3 Å². The Labute approximate surface area is 123 Å². The molecule has 0 unspecified atom stereocenters. The van der Waals surface area contributed by atoms with Gasteiger partial charge in [0.25, 0.3) is 5.91 Å². The van der Waals surface area contributed by atoms with Crippen LogP contribution in [-0.4, -0.2) is 35.6 Å². The molecule has 0 aromatic heterocycles. The van der Waals surface area contributed by atoms with E-state index in [0.29, 0.717) is 17.0 Å². The third-order valence-electron chi connectivity index (χ3n) is 2.71. The van der Waals surface area contributed by atoms with Crippen molar-refractivity contribution in [3.8, 4) is 0 Å². The van der Waals surface area contributed by atoms with E-state index in [-0.39, 0.29) is 25.0 Å². The lowest BCUT2D eigenvalue weighted by atomic mass is 10.0. The predicted molar refractivity (Wildman–Crippen MR) is 77.7 cm³/mol. The third-order valence-corrected chi connectivity index (χ3v) is 2.95. The summed E-state index contributed by atoms with van der Waals surface area (Å²) in [6.07, 6.45) is 0.445. The molecule has 0 atom stereocenters. The van der Waals surface area contributed by atoms with Crippen LogP contribution in [0.5, 0.6) is 0 Å². The molecular formula is C14H19ClN2O3. The third kappa shape index (κ3) is 5.59. The smallest absolute Gasteiger partial charge is 0.251 e. The zero-order valence-corrected chi connectivity index (χ0v) is 12.3. The summed E-state index contributed by atoms with van der Waals surface area (Å²) in [4.78, 5) is 23.5. The Morgan fingerprint density at radius 3 is 2.65 bits per heavy atom. The minimum Gasteiger partial charge on any atom is -0.396 e. The summed E-state index contributed by atoms with van der Waals surface area (Å²) in [6, 6.07) is 6.49. The second-order valence-corrected chi connectivity index (χ2v) is 5.54. The number of benzene rings is 1. The van der Waals surface area contributed by atoms with Crippen molar-refractivity contribution in [3.05, 3.63) is 34.9 Å². The summed E-state index contributed by atoms with van der Waals surface area (Å²) in [5.41, 5.74) is -0.105. The lowest BCUT2D eigenvalue weighted by Crippen LogP contribution is -2.48. The lowest BCUT2D eigenvalue weighted by Gasteiger charge is -2.25. The summed E-state index contributed by atoms with van der Waals surface area (Å²) in [5, 5.41) is 14.6. The normalized spacial score (nSPS) is 11.0. The van der Waals surface area contributed by atoms with E-state index in [1.54, 1.807) is 32.0 Å². The van der Waals surface area contributed by atoms with Gasteiger partial charge in [-0.3, -0.25) is 9.59 Å². The van der Waals surface area contributed by atoms with Gasteiger partial charge in [0, 0.05) is 22.7 Å². The van der Waals surface area contributed by atoms with Crippen LogP contribution in [0.3, 0.4) is 0 Å². The Morgan fingerprint density at radius 2 is 2.05 bits per heavy atom. The number of carbonyl (C=O) groups is 2. The Bertz CT molecular complexity index is 489. The van der Waals surface area contributed by atoms with Gasteiger partial charge in [-0.1, -0.05) is 17.7 Å². The van der Waals surface area contributed by atoms with Crippen molar-refractivity contribution in [2.24, 2.45) is 0 Å².